The summed E-state index contributed by atoms with van der Waals surface area (Å²) in [6.45, 7) is 0.170. The summed E-state index contributed by atoms with van der Waals surface area (Å²) in [5.41, 5.74) is -0.991. The van der Waals surface area contributed by atoms with Gasteiger partial charge in [-0.15, -0.1) is 11.3 Å². The van der Waals surface area contributed by atoms with Crippen molar-refractivity contribution in [2.45, 2.75) is 35.0 Å². The first-order chi connectivity index (χ1) is 18.2. The first kappa shape index (κ1) is 29.2. The number of piperidine rings is 1. The highest BCUT2D eigenvalue weighted by Crippen LogP contribution is 2.30. The number of halogens is 4. The molecule has 3 heterocycles. The van der Waals surface area contributed by atoms with Gasteiger partial charge in [-0.1, -0.05) is 11.6 Å². The molecule has 1 fully saturated rings. The van der Waals surface area contributed by atoms with Gasteiger partial charge in [0.25, 0.3) is 15.9 Å². The number of hydrogen-bond donors (Lipinski definition) is 2. The highest BCUT2D eigenvalue weighted by Gasteiger charge is 2.34. The number of hydrogen-bond acceptors (Lipinski definition) is 9. The molecule has 0 atom stereocenters. The van der Waals surface area contributed by atoms with Crippen LogP contribution in [-0.2, 0) is 32.0 Å². The number of amides is 1. The third-order valence-electron chi connectivity index (χ3n) is 5.65. The number of benzene rings is 1. The molecule has 2 aromatic heterocycles. The van der Waals surface area contributed by atoms with Crippen molar-refractivity contribution >= 4 is 54.8 Å². The van der Waals surface area contributed by atoms with Crippen molar-refractivity contribution in [2.75, 3.05) is 18.4 Å². The minimum absolute atomic E-state index is 0.0654. The van der Waals surface area contributed by atoms with Crippen LogP contribution in [-0.4, -0.2) is 56.1 Å². The third-order valence-corrected chi connectivity index (χ3v) is 10.7. The molecule has 17 heteroatoms. The molecule has 0 saturated carbocycles. The molecule has 10 nitrogen and oxygen atoms in total. The van der Waals surface area contributed by atoms with Crippen LogP contribution in [0.15, 0.2) is 52.9 Å². The molecule has 39 heavy (non-hydrogen) atoms. The quantitative estimate of drug-likeness (QED) is 0.387. The van der Waals surface area contributed by atoms with Crippen LogP contribution in [0.1, 0.15) is 33.8 Å². The van der Waals surface area contributed by atoms with Gasteiger partial charge in [0, 0.05) is 40.8 Å². The maximum Gasteiger partial charge on any atom is 0.433 e. The van der Waals surface area contributed by atoms with E-state index in [0.29, 0.717) is 17.9 Å². The van der Waals surface area contributed by atoms with Crippen molar-refractivity contribution in [3.8, 4) is 0 Å². The minimum Gasteiger partial charge on any atom is -0.351 e. The fourth-order valence-corrected chi connectivity index (χ4v) is 8.28. The molecule has 0 unspecified atom stereocenters. The smallest absolute Gasteiger partial charge is 0.351 e. The summed E-state index contributed by atoms with van der Waals surface area (Å²) in [6, 6.07) is 8.70. The average molecular weight is 624 g/mol. The number of carbonyl (C=O) groups is 1. The molecule has 0 bridgehead atoms. The van der Waals surface area contributed by atoms with Crippen LogP contribution in [0.2, 0.25) is 5.02 Å². The van der Waals surface area contributed by atoms with Gasteiger partial charge in [0.1, 0.15) is 15.7 Å². The van der Waals surface area contributed by atoms with Gasteiger partial charge in [-0.05, 0) is 55.3 Å². The molecule has 0 aliphatic carbocycles. The summed E-state index contributed by atoms with van der Waals surface area (Å²) >= 11 is 6.54. The number of rotatable bonds is 8. The molecular formula is C22H21ClF3N5O5S3. The van der Waals surface area contributed by atoms with Crippen LogP contribution in [0.3, 0.4) is 0 Å². The maximum atomic E-state index is 13.1. The minimum atomic E-state index is -4.61. The fourth-order valence-electron chi connectivity index (χ4n) is 3.74. The van der Waals surface area contributed by atoms with Crippen molar-refractivity contribution in [1.29, 1.82) is 0 Å². The second-order valence-electron chi connectivity index (χ2n) is 8.50. The Morgan fingerprint density at radius 2 is 1.72 bits per heavy atom. The summed E-state index contributed by atoms with van der Waals surface area (Å²) in [4.78, 5) is 19.7. The van der Waals surface area contributed by atoms with Crippen LogP contribution < -0.4 is 10.0 Å². The average Bonchev–Trinajstić information content (AvgIpc) is 3.33. The molecule has 0 spiro atoms. The summed E-state index contributed by atoms with van der Waals surface area (Å²) in [5, 5.41) is 3.20. The first-order valence-electron chi connectivity index (χ1n) is 11.3. The van der Waals surface area contributed by atoms with Gasteiger partial charge in [-0.3, -0.25) is 4.79 Å². The Hall–Kier alpha value is -2.79. The number of carbonyl (C=O) groups excluding carboxylic acids is 1. The second kappa shape index (κ2) is 11.4. The monoisotopic (exact) mass is 623 g/mol. The SMILES string of the molecule is O=C(NS(=O)(=O)Cc1ccc(S(=O)(=O)N2CCC(Nc3nccc(C(F)(F)F)n3)CC2)s1)c1ccc(Cl)cc1. The van der Waals surface area contributed by atoms with E-state index in [9.17, 15) is 34.8 Å². The van der Waals surface area contributed by atoms with Gasteiger partial charge >= 0.3 is 6.18 Å². The van der Waals surface area contributed by atoms with E-state index in [1.165, 1.54) is 40.7 Å². The molecule has 3 aromatic rings. The zero-order valence-electron chi connectivity index (χ0n) is 19.9. The standard InChI is InChI=1S/C22H21ClF3N5O5S3/c23-15-3-1-14(2-4-15)20(32)30-38(33,34)13-17-5-6-19(37-17)39(35,36)31-11-8-16(9-12-31)28-21-27-10-7-18(29-21)22(24,25)26/h1-7,10,16H,8-9,11-13H2,(H,30,32)(H,27,28,29). The lowest BCUT2D eigenvalue weighted by Gasteiger charge is -2.31. The largest absolute Gasteiger partial charge is 0.433 e. The third kappa shape index (κ3) is 7.45. The van der Waals surface area contributed by atoms with Crippen molar-refractivity contribution < 1.29 is 34.8 Å². The Morgan fingerprint density at radius 1 is 1.05 bits per heavy atom. The molecule has 2 N–H and O–H groups in total. The predicted molar refractivity (Wildman–Crippen MR) is 138 cm³/mol. The van der Waals surface area contributed by atoms with Gasteiger partial charge in [0.2, 0.25) is 16.0 Å². The van der Waals surface area contributed by atoms with Gasteiger partial charge in [0.15, 0.2) is 0 Å². The Morgan fingerprint density at radius 3 is 2.36 bits per heavy atom. The number of anilines is 1. The maximum absolute atomic E-state index is 13.1. The van der Waals surface area contributed by atoms with Crippen molar-refractivity contribution in [3.63, 3.8) is 0 Å². The van der Waals surface area contributed by atoms with Crippen LogP contribution in [0.4, 0.5) is 19.1 Å². The molecule has 210 valence electrons. The lowest BCUT2D eigenvalue weighted by Crippen LogP contribution is -2.42. The highest BCUT2D eigenvalue weighted by atomic mass is 35.5. The Labute approximate surface area is 231 Å². The Balaban J connectivity index is 1.35. The van der Waals surface area contributed by atoms with Gasteiger partial charge < -0.3 is 5.32 Å². The normalized spacial score (nSPS) is 15.7. The molecular weight excluding hydrogens is 603 g/mol. The summed E-state index contributed by atoms with van der Waals surface area (Å²) in [7, 11) is -8.06. The zero-order valence-corrected chi connectivity index (χ0v) is 23.1. The second-order valence-corrected chi connectivity index (χ2v) is 14.0. The number of sulfonamides is 2. The van der Waals surface area contributed by atoms with E-state index in [1.807, 2.05) is 4.72 Å². The number of nitrogens with zero attached hydrogens (tertiary/aromatic N) is 3. The van der Waals surface area contributed by atoms with Crippen LogP contribution in [0.5, 0.6) is 0 Å². The topological polar surface area (TPSA) is 138 Å². The van der Waals surface area contributed by atoms with Crippen molar-refractivity contribution in [2.24, 2.45) is 0 Å². The Bertz CT molecular complexity index is 1560. The van der Waals surface area contributed by atoms with E-state index in [4.69, 9.17) is 11.6 Å². The van der Waals surface area contributed by atoms with Crippen molar-refractivity contribution in [1.82, 2.24) is 19.0 Å². The summed E-state index contributed by atoms with van der Waals surface area (Å²) in [6.07, 6.45) is -3.03. The van der Waals surface area contributed by atoms with Crippen LogP contribution >= 0.6 is 22.9 Å². The number of thiophene rings is 1. The summed E-state index contributed by atoms with van der Waals surface area (Å²) in [5.74, 6) is -1.64. The molecule has 0 radical (unpaired) electrons. The van der Waals surface area contributed by atoms with Crippen LogP contribution in [0.25, 0.3) is 0 Å². The lowest BCUT2D eigenvalue weighted by atomic mass is 10.1. The van der Waals surface area contributed by atoms with E-state index in [1.54, 1.807) is 0 Å². The molecule has 1 aromatic carbocycles. The predicted octanol–water partition coefficient (Wildman–Crippen LogP) is 3.74. The van der Waals surface area contributed by atoms with E-state index in [2.05, 4.69) is 15.3 Å². The molecule has 1 aliphatic heterocycles. The lowest BCUT2D eigenvalue weighted by molar-refractivity contribution is -0.141. The van der Waals surface area contributed by atoms with Gasteiger partial charge in [-0.25, -0.2) is 31.5 Å². The Kier molecular flexibility index (Phi) is 8.51. The fraction of sp³-hybridized carbons (Fsp3) is 0.318. The van der Waals surface area contributed by atoms with E-state index >= 15 is 0 Å². The van der Waals surface area contributed by atoms with E-state index < -0.39 is 43.6 Å². The zero-order chi connectivity index (χ0) is 28.4. The number of nitrogens with one attached hydrogen (secondary N) is 2. The molecule has 4 rings (SSSR count). The number of aromatic nitrogens is 2. The highest BCUT2D eigenvalue weighted by molar-refractivity contribution is 7.91. The molecule has 1 aliphatic rings. The van der Waals surface area contributed by atoms with Crippen molar-refractivity contribution in [3.05, 3.63) is 69.8 Å². The number of alkyl halides is 3. The van der Waals surface area contributed by atoms with E-state index in [0.717, 1.165) is 23.6 Å². The van der Waals surface area contributed by atoms with Crippen LogP contribution in [0, 0.1) is 0 Å². The summed E-state index contributed by atoms with van der Waals surface area (Å²) < 4.78 is 92.9. The van der Waals surface area contributed by atoms with Gasteiger partial charge in [-0.2, -0.15) is 17.5 Å². The molecule has 1 amide bonds. The first-order valence-corrected chi connectivity index (χ1v) is 15.6. The van der Waals surface area contributed by atoms with E-state index in [-0.39, 0.29) is 39.7 Å². The molecule has 1 saturated heterocycles. The van der Waals surface area contributed by atoms with Gasteiger partial charge in [0.05, 0.1) is 0 Å².